The van der Waals surface area contributed by atoms with Gasteiger partial charge in [0.2, 0.25) is 10.0 Å². The normalized spacial score (nSPS) is 16.1. The van der Waals surface area contributed by atoms with Gasteiger partial charge >= 0.3 is 5.97 Å². The number of halogens is 1. The number of aliphatic carboxylic acids is 1. The summed E-state index contributed by atoms with van der Waals surface area (Å²) in [4.78, 5) is 13.4. The van der Waals surface area contributed by atoms with Crippen molar-refractivity contribution in [3.8, 4) is 0 Å². The first kappa shape index (κ1) is 21.8. The van der Waals surface area contributed by atoms with Crippen molar-refractivity contribution in [2.75, 3.05) is 32.7 Å². The largest absolute Gasteiger partial charge is 0.481 e. The van der Waals surface area contributed by atoms with Crippen LogP contribution in [0.15, 0.2) is 47.4 Å². The van der Waals surface area contributed by atoms with Gasteiger partial charge in [-0.3, -0.25) is 4.79 Å². The van der Waals surface area contributed by atoms with E-state index in [4.69, 9.17) is 16.7 Å². The van der Waals surface area contributed by atoms with E-state index >= 15 is 0 Å². The van der Waals surface area contributed by atoms with Crippen molar-refractivity contribution in [2.45, 2.75) is 24.7 Å². The lowest BCUT2D eigenvalue weighted by Gasteiger charge is -2.34. The molecule has 0 aromatic heterocycles. The third-order valence-corrected chi connectivity index (χ3v) is 7.41. The van der Waals surface area contributed by atoms with Crippen molar-refractivity contribution in [3.05, 3.63) is 64.2 Å². The topological polar surface area (TPSA) is 77.9 Å². The van der Waals surface area contributed by atoms with Crippen molar-refractivity contribution >= 4 is 27.6 Å². The van der Waals surface area contributed by atoms with Crippen LogP contribution in [-0.4, -0.2) is 61.4 Å². The van der Waals surface area contributed by atoms with Crippen molar-refractivity contribution in [1.82, 2.24) is 9.21 Å². The molecule has 0 spiro atoms. The molecule has 0 unspecified atom stereocenters. The highest BCUT2D eigenvalue weighted by Gasteiger charge is 2.28. The summed E-state index contributed by atoms with van der Waals surface area (Å²) in [7, 11) is -3.63. The first-order valence-electron chi connectivity index (χ1n) is 9.54. The number of nitrogens with zero attached hydrogens (tertiary/aromatic N) is 2. The minimum Gasteiger partial charge on any atom is -0.481 e. The second-order valence-corrected chi connectivity index (χ2v) is 9.66. The Labute approximate surface area is 176 Å². The van der Waals surface area contributed by atoms with Gasteiger partial charge in [-0.25, -0.2) is 8.42 Å². The van der Waals surface area contributed by atoms with Crippen LogP contribution in [0.3, 0.4) is 0 Å². The second kappa shape index (κ2) is 9.26. The average molecular weight is 437 g/mol. The van der Waals surface area contributed by atoms with Crippen molar-refractivity contribution in [2.24, 2.45) is 0 Å². The van der Waals surface area contributed by atoms with Crippen LogP contribution in [0.4, 0.5) is 0 Å². The zero-order valence-corrected chi connectivity index (χ0v) is 17.9. The molecule has 0 amide bonds. The molecule has 0 bridgehead atoms. The molecular formula is C21H25ClN2O4S. The minimum atomic E-state index is -3.63. The molecule has 29 heavy (non-hydrogen) atoms. The van der Waals surface area contributed by atoms with Crippen molar-refractivity contribution < 1.29 is 18.3 Å². The number of piperazine rings is 1. The van der Waals surface area contributed by atoms with E-state index < -0.39 is 16.0 Å². The van der Waals surface area contributed by atoms with Gasteiger partial charge in [0.05, 0.1) is 11.3 Å². The Morgan fingerprint density at radius 3 is 2.34 bits per heavy atom. The van der Waals surface area contributed by atoms with Gasteiger partial charge in [-0.2, -0.15) is 4.31 Å². The summed E-state index contributed by atoms with van der Waals surface area (Å²) in [6.45, 7) is 4.83. The van der Waals surface area contributed by atoms with Crippen LogP contribution in [-0.2, 0) is 27.7 Å². The quantitative estimate of drug-likeness (QED) is 0.722. The molecule has 1 saturated heterocycles. The maximum absolute atomic E-state index is 13.0. The Balaban J connectivity index is 1.60. The number of rotatable bonds is 7. The lowest BCUT2D eigenvalue weighted by Crippen LogP contribution is -2.49. The molecule has 1 aliphatic rings. The van der Waals surface area contributed by atoms with Crippen LogP contribution >= 0.6 is 11.6 Å². The van der Waals surface area contributed by atoms with Crippen molar-refractivity contribution in [1.29, 1.82) is 0 Å². The van der Waals surface area contributed by atoms with Crippen LogP contribution in [0.5, 0.6) is 0 Å². The van der Waals surface area contributed by atoms with Gasteiger partial charge in [0.15, 0.2) is 0 Å². The summed E-state index contributed by atoms with van der Waals surface area (Å²) >= 11 is 5.91. The van der Waals surface area contributed by atoms with Crippen LogP contribution in [0.1, 0.15) is 16.7 Å². The Hall–Kier alpha value is -1.93. The SMILES string of the molecule is Cc1ccc(S(=O)(=O)N2CCN(CCc3ccc(Cl)cc3)CC2)cc1CC(=O)O. The zero-order chi connectivity index (χ0) is 21.0. The van der Waals surface area contributed by atoms with E-state index in [-0.39, 0.29) is 11.3 Å². The van der Waals surface area contributed by atoms with Gasteiger partial charge in [0, 0.05) is 37.7 Å². The number of carboxylic acid groups (broad SMARTS) is 1. The van der Waals surface area contributed by atoms with Gasteiger partial charge in [-0.05, 0) is 54.3 Å². The first-order valence-corrected chi connectivity index (χ1v) is 11.4. The minimum absolute atomic E-state index is 0.161. The molecule has 1 N–H and O–H groups in total. The predicted molar refractivity (Wildman–Crippen MR) is 113 cm³/mol. The van der Waals surface area contributed by atoms with E-state index in [0.29, 0.717) is 31.7 Å². The Bertz CT molecular complexity index is 969. The smallest absolute Gasteiger partial charge is 0.307 e. The summed E-state index contributed by atoms with van der Waals surface area (Å²) in [6.07, 6.45) is 0.702. The maximum Gasteiger partial charge on any atom is 0.307 e. The number of hydrogen-bond acceptors (Lipinski definition) is 4. The lowest BCUT2D eigenvalue weighted by molar-refractivity contribution is -0.136. The molecule has 156 valence electrons. The van der Waals surface area contributed by atoms with Gasteiger partial charge in [-0.1, -0.05) is 29.8 Å². The highest BCUT2D eigenvalue weighted by atomic mass is 35.5. The highest BCUT2D eigenvalue weighted by molar-refractivity contribution is 7.89. The number of aryl methyl sites for hydroxylation is 1. The fourth-order valence-corrected chi connectivity index (χ4v) is 5.04. The molecular weight excluding hydrogens is 412 g/mol. The second-order valence-electron chi connectivity index (χ2n) is 7.28. The zero-order valence-electron chi connectivity index (χ0n) is 16.3. The van der Waals surface area contributed by atoms with Crippen LogP contribution in [0, 0.1) is 6.92 Å². The monoisotopic (exact) mass is 436 g/mol. The van der Waals surface area contributed by atoms with Crippen LogP contribution < -0.4 is 0 Å². The van der Waals surface area contributed by atoms with E-state index in [0.717, 1.165) is 23.6 Å². The van der Waals surface area contributed by atoms with E-state index in [9.17, 15) is 13.2 Å². The molecule has 0 atom stereocenters. The van der Waals surface area contributed by atoms with Crippen molar-refractivity contribution in [3.63, 3.8) is 0 Å². The van der Waals surface area contributed by atoms with E-state index in [1.165, 1.54) is 15.9 Å². The van der Waals surface area contributed by atoms with Crippen LogP contribution in [0.2, 0.25) is 5.02 Å². The predicted octanol–water partition coefficient (Wildman–Crippen LogP) is 2.82. The third kappa shape index (κ3) is 5.57. The van der Waals surface area contributed by atoms with E-state index in [1.54, 1.807) is 19.1 Å². The molecule has 0 saturated carbocycles. The van der Waals surface area contributed by atoms with Gasteiger partial charge in [-0.15, -0.1) is 0 Å². The molecule has 1 heterocycles. The molecule has 6 nitrogen and oxygen atoms in total. The molecule has 2 aromatic rings. The summed E-state index contributed by atoms with van der Waals surface area (Å²) in [5.41, 5.74) is 2.51. The Morgan fingerprint density at radius 2 is 1.72 bits per heavy atom. The molecule has 3 rings (SSSR count). The number of carboxylic acids is 1. The Morgan fingerprint density at radius 1 is 1.07 bits per heavy atom. The molecule has 0 aliphatic carbocycles. The Kier molecular flexibility index (Phi) is 6.95. The molecule has 0 radical (unpaired) electrons. The number of hydrogen-bond donors (Lipinski definition) is 1. The average Bonchev–Trinajstić information content (AvgIpc) is 2.69. The van der Waals surface area contributed by atoms with Gasteiger partial charge < -0.3 is 10.0 Å². The fraction of sp³-hybridized carbons (Fsp3) is 0.381. The van der Waals surface area contributed by atoms with Gasteiger partial charge in [0.25, 0.3) is 0 Å². The number of sulfonamides is 1. The lowest BCUT2D eigenvalue weighted by atomic mass is 10.1. The maximum atomic E-state index is 13.0. The van der Waals surface area contributed by atoms with E-state index in [2.05, 4.69) is 4.90 Å². The summed E-state index contributed by atoms with van der Waals surface area (Å²) in [6, 6.07) is 12.5. The summed E-state index contributed by atoms with van der Waals surface area (Å²) in [5, 5.41) is 9.76. The van der Waals surface area contributed by atoms with Gasteiger partial charge in [0.1, 0.15) is 0 Å². The molecule has 2 aromatic carbocycles. The summed E-state index contributed by atoms with van der Waals surface area (Å²) < 4.78 is 27.5. The summed E-state index contributed by atoms with van der Waals surface area (Å²) in [5.74, 6) is -0.975. The third-order valence-electron chi connectivity index (χ3n) is 5.26. The fourth-order valence-electron chi connectivity index (χ4n) is 3.44. The van der Waals surface area contributed by atoms with E-state index in [1.807, 2.05) is 24.3 Å². The molecule has 1 fully saturated rings. The number of carbonyl (C=O) groups is 1. The highest BCUT2D eigenvalue weighted by Crippen LogP contribution is 2.21. The first-order chi connectivity index (χ1) is 13.8. The standard InChI is InChI=1S/C21H25ClN2O4S/c1-16-2-7-20(14-18(16)15-21(25)26)29(27,28)24-12-10-23(11-13-24)9-8-17-3-5-19(22)6-4-17/h2-7,14H,8-13,15H2,1H3,(H,25,26). The van der Waals surface area contributed by atoms with Crippen LogP contribution in [0.25, 0.3) is 0 Å². The molecule has 1 aliphatic heterocycles. The number of benzene rings is 2. The molecule has 8 heteroatoms.